The van der Waals surface area contributed by atoms with Gasteiger partial charge >= 0.3 is 0 Å². The van der Waals surface area contributed by atoms with Crippen molar-refractivity contribution in [3.63, 3.8) is 0 Å². The van der Waals surface area contributed by atoms with Gasteiger partial charge in [-0.1, -0.05) is 20.8 Å². The molecule has 0 aliphatic rings. The summed E-state index contributed by atoms with van der Waals surface area (Å²) in [6, 6.07) is 0.441. The van der Waals surface area contributed by atoms with Crippen molar-refractivity contribution >= 4 is 23.4 Å². The molecule has 1 aromatic heterocycles. The smallest absolute Gasteiger partial charge is 0.138 e. The lowest BCUT2D eigenvalue weighted by Gasteiger charge is -2.29. The molecular formula is C15H28N4S. The van der Waals surface area contributed by atoms with E-state index in [0.29, 0.717) is 6.04 Å². The number of aromatic nitrogens is 2. The van der Waals surface area contributed by atoms with E-state index in [1.54, 1.807) is 0 Å². The van der Waals surface area contributed by atoms with E-state index in [0.717, 1.165) is 28.8 Å². The fraction of sp³-hybridized carbons (Fsp3) is 0.733. The van der Waals surface area contributed by atoms with Gasteiger partial charge in [0.25, 0.3) is 0 Å². The third-order valence-corrected chi connectivity index (χ3v) is 4.25. The molecule has 20 heavy (non-hydrogen) atoms. The topological polar surface area (TPSA) is 41.1 Å². The molecule has 0 amide bonds. The second-order valence-electron chi connectivity index (χ2n) is 6.26. The van der Waals surface area contributed by atoms with E-state index in [1.165, 1.54) is 0 Å². The molecule has 114 valence electrons. The minimum absolute atomic E-state index is 0.0579. The number of anilines is 2. The highest BCUT2D eigenvalue weighted by Gasteiger charge is 2.23. The lowest BCUT2D eigenvalue weighted by atomic mass is 9.95. The highest BCUT2D eigenvalue weighted by atomic mass is 32.2. The molecule has 0 bridgehead atoms. The largest absolute Gasteiger partial charge is 0.373 e. The van der Waals surface area contributed by atoms with Gasteiger partial charge in [-0.05, 0) is 20.1 Å². The van der Waals surface area contributed by atoms with E-state index in [9.17, 15) is 0 Å². The Bertz CT molecular complexity index is 454. The van der Waals surface area contributed by atoms with Crippen molar-refractivity contribution in [3.05, 3.63) is 11.4 Å². The minimum Gasteiger partial charge on any atom is -0.373 e. The van der Waals surface area contributed by atoms with Crippen molar-refractivity contribution < 1.29 is 0 Å². The van der Waals surface area contributed by atoms with Crippen LogP contribution in [0, 0.1) is 6.92 Å². The molecule has 0 radical (unpaired) electrons. The Morgan fingerprint density at radius 3 is 2.35 bits per heavy atom. The summed E-state index contributed by atoms with van der Waals surface area (Å²) in [6.07, 6.45) is 2.14. The van der Waals surface area contributed by atoms with Crippen molar-refractivity contribution in [3.8, 4) is 0 Å². The molecule has 0 saturated carbocycles. The summed E-state index contributed by atoms with van der Waals surface area (Å²) in [7, 11) is 4.03. The van der Waals surface area contributed by atoms with Gasteiger partial charge in [0.1, 0.15) is 17.5 Å². The van der Waals surface area contributed by atoms with Gasteiger partial charge in [-0.3, -0.25) is 0 Å². The normalized spacial score (nSPS) is 13.2. The Balaban J connectivity index is 3.30. The van der Waals surface area contributed by atoms with Crippen LogP contribution in [0.2, 0.25) is 0 Å². The monoisotopic (exact) mass is 296 g/mol. The maximum absolute atomic E-state index is 4.82. The number of hydrogen-bond acceptors (Lipinski definition) is 5. The number of hydrogen-bond donors (Lipinski definition) is 1. The van der Waals surface area contributed by atoms with Crippen LogP contribution >= 0.6 is 11.8 Å². The first-order valence-electron chi connectivity index (χ1n) is 7.01. The van der Waals surface area contributed by atoms with Gasteiger partial charge in [0.15, 0.2) is 0 Å². The first-order chi connectivity index (χ1) is 9.22. The summed E-state index contributed by atoms with van der Waals surface area (Å²) in [5.74, 6) is 3.91. The van der Waals surface area contributed by atoms with Crippen LogP contribution in [0.1, 0.15) is 39.1 Å². The maximum atomic E-state index is 4.82. The molecule has 5 heteroatoms. The summed E-state index contributed by atoms with van der Waals surface area (Å²) < 4.78 is 0. The van der Waals surface area contributed by atoms with Gasteiger partial charge in [0.05, 0.1) is 0 Å². The van der Waals surface area contributed by atoms with Gasteiger partial charge in [0.2, 0.25) is 0 Å². The lowest BCUT2D eigenvalue weighted by molar-refractivity contribution is 0.543. The molecule has 4 nitrogen and oxygen atoms in total. The zero-order chi connectivity index (χ0) is 15.5. The van der Waals surface area contributed by atoms with E-state index in [-0.39, 0.29) is 5.41 Å². The van der Waals surface area contributed by atoms with E-state index < -0.39 is 0 Å². The molecular weight excluding hydrogens is 268 g/mol. The molecule has 1 rings (SSSR count). The van der Waals surface area contributed by atoms with Gasteiger partial charge < -0.3 is 10.2 Å². The summed E-state index contributed by atoms with van der Waals surface area (Å²) >= 11 is 1.86. The second-order valence-corrected chi connectivity index (χ2v) is 7.17. The number of nitrogens with one attached hydrogen (secondary N) is 1. The van der Waals surface area contributed by atoms with Gasteiger partial charge in [-0.15, -0.1) is 0 Å². The van der Waals surface area contributed by atoms with E-state index in [4.69, 9.17) is 4.98 Å². The molecule has 0 saturated heterocycles. The zero-order valence-electron chi connectivity index (χ0n) is 14.0. The Morgan fingerprint density at radius 2 is 1.90 bits per heavy atom. The van der Waals surface area contributed by atoms with Gasteiger partial charge in [-0.2, -0.15) is 11.8 Å². The lowest BCUT2D eigenvalue weighted by Crippen LogP contribution is -2.33. The van der Waals surface area contributed by atoms with Crippen LogP contribution in [0.5, 0.6) is 0 Å². The van der Waals surface area contributed by atoms with Crippen molar-refractivity contribution in [1.29, 1.82) is 0 Å². The average Bonchev–Trinajstić information content (AvgIpc) is 2.37. The van der Waals surface area contributed by atoms with E-state index in [2.05, 4.69) is 63.1 Å². The molecule has 1 aromatic rings. The van der Waals surface area contributed by atoms with E-state index in [1.807, 2.05) is 18.8 Å². The van der Waals surface area contributed by atoms with E-state index >= 15 is 0 Å². The Kier molecular flexibility index (Phi) is 5.68. The maximum Gasteiger partial charge on any atom is 0.138 e. The first-order valence-corrected chi connectivity index (χ1v) is 8.40. The summed E-state index contributed by atoms with van der Waals surface area (Å²) in [5, 5.41) is 3.19. The first kappa shape index (κ1) is 17.1. The number of rotatable bonds is 5. The number of thioether (sulfide) groups is 1. The molecule has 0 aromatic carbocycles. The van der Waals surface area contributed by atoms with Crippen molar-refractivity contribution in [2.45, 2.75) is 46.1 Å². The van der Waals surface area contributed by atoms with Crippen LogP contribution in [0.25, 0.3) is 0 Å². The fourth-order valence-electron chi connectivity index (χ4n) is 1.99. The molecule has 0 spiro atoms. The second kappa shape index (κ2) is 6.66. The van der Waals surface area contributed by atoms with Crippen LogP contribution in [-0.2, 0) is 5.41 Å². The Morgan fingerprint density at radius 1 is 1.30 bits per heavy atom. The highest BCUT2D eigenvalue weighted by Crippen LogP contribution is 2.28. The number of nitrogens with zero attached hydrogens (tertiary/aromatic N) is 3. The molecule has 1 unspecified atom stereocenters. The molecule has 0 fully saturated rings. The Hall–Kier alpha value is -0.970. The predicted molar refractivity (Wildman–Crippen MR) is 91.3 cm³/mol. The third kappa shape index (κ3) is 3.78. The van der Waals surface area contributed by atoms with Crippen LogP contribution in [-0.4, -0.2) is 42.1 Å². The molecule has 1 N–H and O–H groups in total. The molecule has 0 aliphatic carbocycles. The molecule has 1 heterocycles. The van der Waals surface area contributed by atoms with Crippen molar-refractivity contribution in [2.24, 2.45) is 0 Å². The summed E-state index contributed by atoms with van der Waals surface area (Å²) in [5.41, 5.74) is 1.05. The van der Waals surface area contributed by atoms with Crippen molar-refractivity contribution in [1.82, 2.24) is 9.97 Å². The van der Waals surface area contributed by atoms with Crippen LogP contribution in [0.15, 0.2) is 0 Å². The fourth-order valence-corrected chi connectivity index (χ4v) is 2.69. The van der Waals surface area contributed by atoms with Gasteiger partial charge in [-0.25, -0.2) is 9.97 Å². The highest BCUT2D eigenvalue weighted by molar-refractivity contribution is 7.98. The van der Waals surface area contributed by atoms with Crippen LogP contribution < -0.4 is 10.2 Å². The average molecular weight is 296 g/mol. The van der Waals surface area contributed by atoms with Crippen LogP contribution in [0.4, 0.5) is 11.6 Å². The van der Waals surface area contributed by atoms with Crippen LogP contribution in [0.3, 0.4) is 0 Å². The zero-order valence-corrected chi connectivity index (χ0v) is 14.9. The predicted octanol–water partition coefficient (Wildman–Crippen LogP) is 3.31. The summed E-state index contributed by atoms with van der Waals surface area (Å²) in [4.78, 5) is 11.7. The Labute approximate surface area is 127 Å². The molecule has 1 atom stereocenters. The molecule has 0 aliphatic heterocycles. The minimum atomic E-state index is -0.0579. The third-order valence-electron chi connectivity index (χ3n) is 3.43. The van der Waals surface area contributed by atoms with Crippen molar-refractivity contribution in [2.75, 3.05) is 36.3 Å². The SMILES string of the molecule is CNc1nc(C(C)(C)C)nc(N(C)C(C)CSC)c1C. The summed E-state index contributed by atoms with van der Waals surface area (Å²) in [6.45, 7) is 10.7. The quantitative estimate of drug-likeness (QED) is 0.903. The van der Waals surface area contributed by atoms with Gasteiger partial charge in [0, 0.05) is 36.9 Å². The standard InChI is InChI=1S/C15H28N4S/c1-10(9-20-8)19(7)13-11(2)12(16-6)17-14(18-13)15(3,4)5/h10H,9H2,1-8H3,(H,16,17,18).